The second kappa shape index (κ2) is 5.44. The summed E-state index contributed by atoms with van der Waals surface area (Å²) in [5.41, 5.74) is 17.0. The van der Waals surface area contributed by atoms with Gasteiger partial charge in [0.25, 0.3) is 11.8 Å². The third-order valence-electron chi connectivity index (χ3n) is 2.14. The molecule has 1 aromatic rings. The lowest BCUT2D eigenvalue weighted by atomic mass is 10.1. The van der Waals surface area contributed by atoms with Gasteiger partial charge >= 0.3 is 0 Å². The fraction of sp³-hybridized carbons (Fsp3) is 0.222. The van der Waals surface area contributed by atoms with Crippen molar-refractivity contribution in [2.24, 2.45) is 10.2 Å². The van der Waals surface area contributed by atoms with Crippen LogP contribution in [0, 0.1) is 13.8 Å². The molecule has 0 saturated carbocycles. The molecule has 0 aromatic carbocycles. The minimum atomic E-state index is -0.850. The van der Waals surface area contributed by atoms with Crippen LogP contribution >= 0.6 is 0 Å². The fourth-order valence-electron chi connectivity index (χ4n) is 1.35. The van der Waals surface area contributed by atoms with E-state index in [9.17, 15) is 9.59 Å². The zero-order valence-corrected chi connectivity index (χ0v) is 9.52. The molecule has 1 aromatic heterocycles. The van der Waals surface area contributed by atoms with Crippen molar-refractivity contribution in [1.82, 2.24) is 4.98 Å². The third kappa shape index (κ3) is 2.62. The number of carbonyl (C=O) groups excluding carboxylic acids is 2. The molecule has 0 N–H and O–H groups in total. The van der Waals surface area contributed by atoms with Gasteiger partial charge in [-0.15, -0.1) is 0 Å². The first-order valence-electron chi connectivity index (χ1n) is 4.68. The van der Waals surface area contributed by atoms with E-state index in [1.165, 1.54) is 19.9 Å². The van der Waals surface area contributed by atoms with Crippen molar-refractivity contribution in [3.05, 3.63) is 49.5 Å². The molecule has 18 heavy (non-hydrogen) atoms. The maximum absolute atomic E-state index is 11.4. The number of azide groups is 2. The largest absolute Gasteiger partial charge is 0.287 e. The van der Waals surface area contributed by atoms with Crippen molar-refractivity contribution in [2.75, 3.05) is 0 Å². The number of hydrogen-bond donors (Lipinski definition) is 0. The maximum atomic E-state index is 11.4. The van der Waals surface area contributed by atoms with Gasteiger partial charge in [0.15, 0.2) is 0 Å². The Hall–Kier alpha value is -2.89. The van der Waals surface area contributed by atoms with E-state index in [0.29, 0.717) is 11.4 Å². The van der Waals surface area contributed by atoms with Crippen LogP contribution < -0.4 is 0 Å². The first kappa shape index (κ1) is 13.2. The molecule has 0 fully saturated rings. The minimum Gasteiger partial charge on any atom is -0.287 e. The highest BCUT2D eigenvalue weighted by Gasteiger charge is 2.15. The van der Waals surface area contributed by atoms with E-state index >= 15 is 0 Å². The monoisotopic (exact) mass is 245 g/mol. The average Bonchev–Trinajstić information content (AvgIpc) is 2.29. The standard InChI is InChI=1S/C9H7N7O2/c1-4-6(8(17)13-15-10)3-7(5(2)12-4)9(18)14-16-11/h3H,1-2H3. The first-order chi connectivity index (χ1) is 8.51. The van der Waals surface area contributed by atoms with Gasteiger partial charge in [-0.25, -0.2) is 0 Å². The van der Waals surface area contributed by atoms with Crippen molar-refractivity contribution < 1.29 is 9.59 Å². The molecule has 0 aliphatic carbocycles. The first-order valence-corrected chi connectivity index (χ1v) is 4.68. The van der Waals surface area contributed by atoms with E-state index in [2.05, 4.69) is 25.0 Å². The summed E-state index contributed by atoms with van der Waals surface area (Å²) in [7, 11) is 0. The highest BCUT2D eigenvalue weighted by molar-refractivity contribution is 6.01. The lowest BCUT2D eigenvalue weighted by Crippen LogP contribution is -2.07. The Morgan fingerprint density at radius 1 is 1.06 bits per heavy atom. The topological polar surface area (TPSA) is 145 Å². The molecule has 0 unspecified atom stereocenters. The quantitative estimate of drug-likeness (QED) is 0.448. The number of pyridine rings is 1. The van der Waals surface area contributed by atoms with E-state index in [0.717, 1.165) is 0 Å². The lowest BCUT2D eigenvalue weighted by Gasteiger charge is -2.06. The average molecular weight is 245 g/mol. The van der Waals surface area contributed by atoms with Crippen LogP contribution in [0.25, 0.3) is 20.9 Å². The molecular weight excluding hydrogens is 238 g/mol. The van der Waals surface area contributed by atoms with Crippen LogP contribution in [-0.4, -0.2) is 16.8 Å². The second-order valence-corrected chi connectivity index (χ2v) is 3.24. The van der Waals surface area contributed by atoms with Crippen LogP contribution in [0.3, 0.4) is 0 Å². The van der Waals surface area contributed by atoms with Gasteiger partial charge in [0.1, 0.15) is 0 Å². The molecule has 0 aliphatic heterocycles. The Morgan fingerprint density at radius 2 is 1.44 bits per heavy atom. The highest BCUT2D eigenvalue weighted by Crippen LogP contribution is 2.15. The van der Waals surface area contributed by atoms with Gasteiger partial charge in [-0.3, -0.25) is 14.6 Å². The van der Waals surface area contributed by atoms with E-state index in [-0.39, 0.29) is 11.1 Å². The van der Waals surface area contributed by atoms with Crippen LogP contribution in [0.5, 0.6) is 0 Å². The molecule has 90 valence electrons. The van der Waals surface area contributed by atoms with Gasteiger partial charge in [0.2, 0.25) is 0 Å². The van der Waals surface area contributed by atoms with Gasteiger partial charge in [-0.05, 0) is 41.2 Å². The molecule has 2 amide bonds. The Kier molecular flexibility index (Phi) is 3.98. The van der Waals surface area contributed by atoms with E-state index in [1.54, 1.807) is 0 Å². The van der Waals surface area contributed by atoms with E-state index in [1.807, 2.05) is 0 Å². The zero-order valence-electron chi connectivity index (χ0n) is 9.52. The summed E-state index contributed by atoms with van der Waals surface area (Å²) < 4.78 is 0. The molecule has 0 aliphatic rings. The predicted molar refractivity (Wildman–Crippen MR) is 60.7 cm³/mol. The molecule has 9 heteroatoms. The summed E-state index contributed by atoms with van der Waals surface area (Å²) >= 11 is 0. The summed E-state index contributed by atoms with van der Waals surface area (Å²) in [5, 5.41) is 5.84. The van der Waals surface area contributed by atoms with Crippen LogP contribution in [0.15, 0.2) is 16.3 Å². The fourth-order valence-corrected chi connectivity index (χ4v) is 1.35. The van der Waals surface area contributed by atoms with Crippen LogP contribution in [0.4, 0.5) is 0 Å². The zero-order chi connectivity index (χ0) is 13.7. The molecule has 1 heterocycles. The molecule has 0 spiro atoms. The van der Waals surface area contributed by atoms with Gasteiger partial charge < -0.3 is 0 Å². The Balaban J connectivity index is 3.43. The number of amides is 2. The smallest absolute Gasteiger partial charge is 0.251 e. The van der Waals surface area contributed by atoms with Gasteiger partial charge in [-0.1, -0.05) is 0 Å². The summed E-state index contributed by atoms with van der Waals surface area (Å²) in [6, 6.07) is 1.20. The Morgan fingerprint density at radius 3 is 1.78 bits per heavy atom. The van der Waals surface area contributed by atoms with Crippen molar-refractivity contribution in [2.45, 2.75) is 13.8 Å². The van der Waals surface area contributed by atoms with Gasteiger partial charge in [-0.2, -0.15) is 0 Å². The normalized spacial score (nSPS) is 9.00. The highest BCUT2D eigenvalue weighted by atomic mass is 16.2. The number of nitrogens with zero attached hydrogens (tertiary/aromatic N) is 7. The summed E-state index contributed by atoms with van der Waals surface area (Å²) in [6.45, 7) is 3.07. The van der Waals surface area contributed by atoms with Crippen LogP contribution in [0.1, 0.15) is 32.1 Å². The summed E-state index contributed by atoms with van der Waals surface area (Å²) in [4.78, 5) is 31.6. The molecule has 0 radical (unpaired) electrons. The van der Waals surface area contributed by atoms with Gasteiger partial charge in [0.05, 0.1) is 0 Å². The SMILES string of the molecule is Cc1nc(C)c(C(=O)N=[N+]=[N-])cc1C(=O)N=[N+]=[N-]. The number of carbonyl (C=O) groups is 2. The number of hydrogen-bond acceptors (Lipinski definition) is 3. The second-order valence-electron chi connectivity index (χ2n) is 3.24. The predicted octanol–water partition coefficient (Wildman–Crippen LogP) is 2.60. The molecule has 0 saturated heterocycles. The summed E-state index contributed by atoms with van der Waals surface area (Å²) in [6.07, 6.45) is 0. The lowest BCUT2D eigenvalue weighted by molar-refractivity contribution is 0.0998. The molecular formula is C9H7N7O2. The van der Waals surface area contributed by atoms with Crippen LogP contribution in [-0.2, 0) is 0 Å². The number of rotatable bonds is 2. The van der Waals surface area contributed by atoms with Crippen molar-refractivity contribution in [3.63, 3.8) is 0 Å². The molecule has 9 nitrogen and oxygen atoms in total. The van der Waals surface area contributed by atoms with Crippen LogP contribution in [0.2, 0.25) is 0 Å². The van der Waals surface area contributed by atoms with Crippen molar-refractivity contribution >= 4 is 11.8 Å². The third-order valence-corrected chi connectivity index (χ3v) is 2.14. The minimum absolute atomic E-state index is 0.00473. The molecule has 0 bridgehead atoms. The van der Waals surface area contributed by atoms with Crippen molar-refractivity contribution in [1.29, 1.82) is 0 Å². The Labute approximate surface area is 101 Å². The van der Waals surface area contributed by atoms with Gasteiger partial charge in [0, 0.05) is 32.3 Å². The molecule has 0 atom stereocenters. The Bertz CT molecular complexity index is 573. The van der Waals surface area contributed by atoms with Crippen molar-refractivity contribution in [3.8, 4) is 0 Å². The van der Waals surface area contributed by atoms with E-state index in [4.69, 9.17) is 11.1 Å². The number of aromatic nitrogens is 1. The maximum Gasteiger partial charge on any atom is 0.251 e. The number of aryl methyl sites for hydroxylation is 2. The summed E-state index contributed by atoms with van der Waals surface area (Å²) in [5.74, 6) is -1.70. The molecule has 1 rings (SSSR count). The van der Waals surface area contributed by atoms with E-state index < -0.39 is 11.8 Å².